The third-order valence-corrected chi connectivity index (χ3v) is 6.21. The van der Waals surface area contributed by atoms with Gasteiger partial charge in [0, 0.05) is 37.0 Å². The predicted molar refractivity (Wildman–Crippen MR) is 113 cm³/mol. The average Bonchev–Trinajstić information content (AvgIpc) is 2.75. The van der Waals surface area contributed by atoms with Crippen LogP contribution in [0.2, 0.25) is 0 Å². The molecule has 0 heterocycles. The van der Waals surface area contributed by atoms with Gasteiger partial charge in [-0.05, 0) is 35.9 Å². The van der Waals surface area contributed by atoms with E-state index in [-0.39, 0.29) is 17.1 Å². The van der Waals surface area contributed by atoms with Gasteiger partial charge in [0.25, 0.3) is 11.6 Å². The number of carbonyl (C=O) groups is 1. The summed E-state index contributed by atoms with van der Waals surface area (Å²) in [4.78, 5) is 22.9. The van der Waals surface area contributed by atoms with Gasteiger partial charge in [0.2, 0.25) is 10.0 Å². The molecule has 0 saturated heterocycles. The van der Waals surface area contributed by atoms with Gasteiger partial charge in [-0.2, -0.15) is 4.31 Å². The van der Waals surface area contributed by atoms with Crippen molar-refractivity contribution in [2.24, 2.45) is 0 Å². The molecule has 0 radical (unpaired) electrons. The first-order valence-corrected chi connectivity index (χ1v) is 10.4. The molecule has 0 aliphatic rings. The Kier molecular flexibility index (Phi) is 6.24. The maximum absolute atomic E-state index is 12.6. The SMILES string of the molecule is CN(Cc1ccc(C(=O)Nc2cccc([N+](=O)[O-])c2)cc1)S(=O)(=O)c1ccccc1. The highest BCUT2D eigenvalue weighted by Gasteiger charge is 2.20. The first-order chi connectivity index (χ1) is 14.3. The molecule has 1 amide bonds. The number of carbonyl (C=O) groups excluding carboxylic acids is 1. The van der Waals surface area contributed by atoms with Crippen LogP contribution in [0.1, 0.15) is 15.9 Å². The van der Waals surface area contributed by atoms with Gasteiger partial charge >= 0.3 is 0 Å². The Morgan fingerprint density at radius 1 is 1.00 bits per heavy atom. The van der Waals surface area contributed by atoms with Crippen molar-refractivity contribution in [3.8, 4) is 0 Å². The van der Waals surface area contributed by atoms with Gasteiger partial charge in [0.05, 0.1) is 9.82 Å². The molecule has 3 rings (SSSR count). The first-order valence-electron chi connectivity index (χ1n) is 8.93. The normalized spacial score (nSPS) is 11.3. The third kappa shape index (κ3) is 4.88. The molecule has 3 aromatic carbocycles. The minimum atomic E-state index is -3.62. The average molecular weight is 425 g/mol. The summed E-state index contributed by atoms with van der Waals surface area (Å²) in [5, 5.41) is 13.5. The summed E-state index contributed by atoms with van der Waals surface area (Å²) in [7, 11) is -2.13. The van der Waals surface area contributed by atoms with Gasteiger partial charge in [-0.25, -0.2) is 8.42 Å². The van der Waals surface area contributed by atoms with E-state index in [0.29, 0.717) is 16.8 Å². The van der Waals surface area contributed by atoms with Crippen LogP contribution in [-0.4, -0.2) is 30.6 Å². The molecular formula is C21H19N3O5S. The van der Waals surface area contributed by atoms with Gasteiger partial charge < -0.3 is 5.32 Å². The summed E-state index contributed by atoms with van der Waals surface area (Å²) in [6.45, 7) is 0.143. The summed E-state index contributed by atoms with van der Waals surface area (Å²) in [6.07, 6.45) is 0. The zero-order chi connectivity index (χ0) is 21.7. The van der Waals surface area contributed by atoms with Crippen molar-refractivity contribution < 1.29 is 18.1 Å². The Hall–Kier alpha value is -3.56. The molecule has 0 aliphatic heterocycles. The van der Waals surface area contributed by atoms with E-state index in [9.17, 15) is 23.3 Å². The van der Waals surface area contributed by atoms with Gasteiger partial charge in [-0.1, -0.05) is 36.4 Å². The highest BCUT2D eigenvalue weighted by atomic mass is 32.2. The van der Waals surface area contributed by atoms with Crippen molar-refractivity contribution in [3.05, 3.63) is 100 Å². The highest BCUT2D eigenvalue weighted by Crippen LogP contribution is 2.19. The standard InChI is InChI=1S/C21H19N3O5S/c1-23(30(28,29)20-8-3-2-4-9-20)15-16-10-12-17(13-11-16)21(25)22-18-6-5-7-19(14-18)24(26)27/h2-14H,15H2,1H3,(H,22,25). The van der Waals surface area contributed by atoms with Gasteiger partial charge in [-0.3, -0.25) is 14.9 Å². The Balaban J connectivity index is 1.68. The van der Waals surface area contributed by atoms with Crippen molar-refractivity contribution in [2.45, 2.75) is 11.4 Å². The molecule has 30 heavy (non-hydrogen) atoms. The van der Waals surface area contributed by atoms with E-state index < -0.39 is 20.9 Å². The van der Waals surface area contributed by atoms with Crippen LogP contribution in [0.25, 0.3) is 0 Å². The lowest BCUT2D eigenvalue weighted by Crippen LogP contribution is -2.26. The summed E-state index contributed by atoms with van der Waals surface area (Å²) < 4.78 is 26.4. The van der Waals surface area contributed by atoms with Gasteiger partial charge in [0.1, 0.15) is 0 Å². The molecule has 0 aliphatic carbocycles. The molecular weight excluding hydrogens is 406 g/mol. The smallest absolute Gasteiger partial charge is 0.271 e. The summed E-state index contributed by atoms with van der Waals surface area (Å²) >= 11 is 0. The van der Waals surface area contributed by atoms with Crippen molar-refractivity contribution >= 4 is 27.3 Å². The van der Waals surface area contributed by atoms with E-state index >= 15 is 0 Å². The minimum Gasteiger partial charge on any atom is -0.322 e. The Morgan fingerprint density at radius 2 is 1.67 bits per heavy atom. The molecule has 0 unspecified atom stereocenters. The van der Waals surface area contributed by atoms with Crippen molar-refractivity contribution in [3.63, 3.8) is 0 Å². The first kappa shape index (κ1) is 21.2. The molecule has 0 aromatic heterocycles. The van der Waals surface area contributed by atoms with Crippen LogP contribution in [-0.2, 0) is 16.6 Å². The highest BCUT2D eigenvalue weighted by molar-refractivity contribution is 7.89. The maximum Gasteiger partial charge on any atom is 0.271 e. The summed E-state index contributed by atoms with van der Waals surface area (Å²) in [5.74, 6) is -0.424. The minimum absolute atomic E-state index is 0.120. The molecule has 0 atom stereocenters. The van der Waals surface area contributed by atoms with E-state index in [1.807, 2.05) is 0 Å². The van der Waals surface area contributed by atoms with Crippen LogP contribution >= 0.6 is 0 Å². The van der Waals surface area contributed by atoms with Crippen molar-refractivity contribution in [1.82, 2.24) is 4.31 Å². The van der Waals surface area contributed by atoms with Gasteiger partial charge in [0.15, 0.2) is 0 Å². The fourth-order valence-electron chi connectivity index (χ4n) is 2.78. The van der Waals surface area contributed by atoms with Crippen LogP contribution in [0.3, 0.4) is 0 Å². The zero-order valence-corrected chi connectivity index (χ0v) is 16.9. The fraction of sp³-hybridized carbons (Fsp3) is 0.0952. The van der Waals surface area contributed by atoms with Crippen LogP contribution in [0.4, 0.5) is 11.4 Å². The van der Waals surface area contributed by atoms with Crippen LogP contribution in [0.15, 0.2) is 83.8 Å². The fourth-order valence-corrected chi connectivity index (χ4v) is 3.96. The Labute approximate surface area is 174 Å². The van der Waals surface area contributed by atoms with Crippen molar-refractivity contribution in [2.75, 3.05) is 12.4 Å². The number of sulfonamides is 1. The monoisotopic (exact) mass is 425 g/mol. The molecule has 3 aromatic rings. The molecule has 1 N–H and O–H groups in total. The number of nitro benzene ring substituents is 1. The number of nitro groups is 1. The molecule has 0 spiro atoms. The van der Waals surface area contributed by atoms with E-state index in [1.165, 1.54) is 41.7 Å². The number of hydrogen-bond acceptors (Lipinski definition) is 5. The number of rotatable bonds is 7. The second-order valence-electron chi connectivity index (χ2n) is 6.53. The predicted octanol–water partition coefficient (Wildman–Crippen LogP) is 3.67. The number of non-ortho nitro benzene ring substituents is 1. The van der Waals surface area contributed by atoms with E-state index in [2.05, 4.69) is 5.32 Å². The number of anilines is 1. The largest absolute Gasteiger partial charge is 0.322 e. The number of amides is 1. The number of nitrogens with one attached hydrogen (secondary N) is 1. The third-order valence-electron chi connectivity index (χ3n) is 4.39. The molecule has 8 nitrogen and oxygen atoms in total. The molecule has 154 valence electrons. The topological polar surface area (TPSA) is 110 Å². The molecule has 0 saturated carbocycles. The molecule has 0 fully saturated rings. The Bertz CT molecular complexity index is 1160. The summed E-state index contributed by atoms with van der Waals surface area (Å²) in [6, 6.07) is 20.3. The lowest BCUT2D eigenvalue weighted by atomic mass is 10.1. The van der Waals surface area contributed by atoms with Gasteiger partial charge in [-0.15, -0.1) is 0 Å². The lowest BCUT2D eigenvalue weighted by Gasteiger charge is -2.17. The number of benzene rings is 3. The van der Waals surface area contributed by atoms with E-state index in [1.54, 1.807) is 48.5 Å². The number of hydrogen-bond donors (Lipinski definition) is 1. The quantitative estimate of drug-likeness (QED) is 0.459. The Morgan fingerprint density at radius 3 is 2.30 bits per heavy atom. The van der Waals surface area contributed by atoms with Crippen LogP contribution in [0.5, 0.6) is 0 Å². The number of nitrogens with zero attached hydrogens (tertiary/aromatic N) is 2. The molecule has 0 bridgehead atoms. The van der Waals surface area contributed by atoms with Crippen LogP contribution in [0, 0.1) is 10.1 Å². The second-order valence-corrected chi connectivity index (χ2v) is 8.58. The van der Waals surface area contributed by atoms with E-state index in [4.69, 9.17) is 0 Å². The zero-order valence-electron chi connectivity index (χ0n) is 16.1. The lowest BCUT2D eigenvalue weighted by molar-refractivity contribution is -0.384. The maximum atomic E-state index is 12.6. The molecule has 9 heteroatoms. The van der Waals surface area contributed by atoms with E-state index in [0.717, 1.165) is 0 Å². The summed E-state index contributed by atoms with van der Waals surface area (Å²) in [5.41, 5.74) is 1.25. The van der Waals surface area contributed by atoms with Crippen LogP contribution < -0.4 is 5.32 Å². The second kappa shape index (κ2) is 8.85. The van der Waals surface area contributed by atoms with Crippen molar-refractivity contribution in [1.29, 1.82) is 0 Å².